The number of aromatic nitrogens is 3. The lowest BCUT2D eigenvalue weighted by atomic mass is 9.92. The Morgan fingerprint density at radius 3 is 2.48 bits per heavy atom. The van der Waals surface area contributed by atoms with Gasteiger partial charge in [-0.1, -0.05) is 6.92 Å². The maximum absolute atomic E-state index is 12.0. The van der Waals surface area contributed by atoms with E-state index >= 15 is 0 Å². The molecule has 1 aromatic rings. The van der Waals surface area contributed by atoms with Gasteiger partial charge in [0.15, 0.2) is 5.96 Å². The SMILES string of the molecule is CCNC(=O)C(C)(C)CN=C(NCC)NCCn1cnnc1CC.I. The zero-order valence-corrected chi connectivity index (χ0v) is 18.3. The summed E-state index contributed by atoms with van der Waals surface area (Å²) < 4.78 is 2.02. The first-order valence-electron chi connectivity index (χ1n) is 8.61. The third-order valence-corrected chi connectivity index (χ3v) is 3.59. The average Bonchev–Trinajstić information content (AvgIpc) is 3.00. The van der Waals surface area contributed by atoms with E-state index in [1.807, 2.05) is 32.3 Å². The molecule has 1 rings (SSSR count). The Bertz CT molecular complexity index is 542. The molecular formula is C16H32IN7O. The largest absolute Gasteiger partial charge is 0.357 e. The molecule has 0 aromatic carbocycles. The number of hydrogen-bond donors (Lipinski definition) is 3. The van der Waals surface area contributed by atoms with Gasteiger partial charge in [-0.3, -0.25) is 9.79 Å². The highest BCUT2D eigenvalue weighted by atomic mass is 127. The maximum Gasteiger partial charge on any atom is 0.227 e. The molecule has 9 heteroatoms. The molecule has 0 aliphatic rings. The summed E-state index contributed by atoms with van der Waals surface area (Å²) in [5.41, 5.74) is -0.540. The predicted octanol–water partition coefficient (Wildman–Crippen LogP) is 1.18. The van der Waals surface area contributed by atoms with Crippen molar-refractivity contribution in [3.8, 4) is 0 Å². The van der Waals surface area contributed by atoms with E-state index in [4.69, 9.17) is 0 Å². The normalized spacial score (nSPS) is 11.6. The van der Waals surface area contributed by atoms with Crippen LogP contribution in [-0.4, -0.2) is 52.8 Å². The van der Waals surface area contributed by atoms with E-state index in [0.29, 0.717) is 25.6 Å². The van der Waals surface area contributed by atoms with Crippen LogP contribution < -0.4 is 16.0 Å². The maximum atomic E-state index is 12.0. The molecule has 0 atom stereocenters. The minimum absolute atomic E-state index is 0. The van der Waals surface area contributed by atoms with E-state index in [2.05, 4.69) is 38.1 Å². The molecule has 0 saturated carbocycles. The fraction of sp³-hybridized carbons (Fsp3) is 0.750. The number of carbonyl (C=O) groups is 1. The zero-order valence-electron chi connectivity index (χ0n) is 15.9. The molecule has 0 radical (unpaired) electrons. The first-order chi connectivity index (χ1) is 11.4. The number of nitrogens with one attached hydrogen (secondary N) is 3. The van der Waals surface area contributed by atoms with Gasteiger partial charge in [-0.05, 0) is 27.7 Å². The van der Waals surface area contributed by atoms with Gasteiger partial charge in [0, 0.05) is 32.6 Å². The van der Waals surface area contributed by atoms with Crippen molar-refractivity contribution in [1.82, 2.24) is 30.7 Å². The van der Waals surface area contributed by atoms with Gasteiger partial charge in [-0.15, -0.1) is 34.2 Å². The molecule has 1 aromatic heterocycles. The Labute approximate surface area is 167 Å². The molecule has 0 aliphatic carbocycles. The minimum Gasteiger partial charge on any atom is -0.357 e. The van der Waals surface area contributed by atoms with E-state index in [0.717, 1.165) is 25.3 Å². The van der Waals surface area contributed by atoms with Crippen LogP contribution in [-0.2, 0) is 17.8 Å². The fourth-order valence-corrected chi connectivity index (χ4v) is 2.12. The van der Waals surface area contributed by atoms with Gasteiger partial charge >= 0.3 is 0 Å². The van der Waals surface area contributed by atoms with Crippen molar-refractivity contribution in [1.29, 1.82) is 0 Å². The Kier molecular flexibility index (Phi) is 11.4. The summed E-state index contributed by atoms with van der Waals surface area (Å²) in [7, 11) is 0. The summed E-state index contributed by atoms with van der Waals surface area (Å²) in [6, 6.07) is 0. The Morgan fingerprint density at radius 1 is 1.20 bits per heavy atom. The van der Waals surface area contributed by atoms with Crippen LogP contribution in [0.1, 0.15) is 40.4 Å². The van der Waals surface area contributed by atoms with Crippen molar-refractivity contribution in [2.75, 3.05) is 26.2 Å². The topological polar surface area (TPSA) is 96.2 Å². The summed E-state index contributed by atoms with van der Waals surface area (Å²) in [6.07, 6.45) is 2.59. The zero-order chi connectivity index (χ0) is 18.0. The molecule has 8 nitrogen and oxygen atoms in total. The second-order valence-electron chi connectivity index (χ2n) is 6.16. The highest BCUT2D eigenvalue weighted by Crippen LogP contribution is 2.15. The van der Waals surface area contributed by atoms with Gasteiger partial charge in [-0.2, -0.15) is 0 Å². The lowest BCUT2D eigenvalue weighted by Crippen LogP contribution is -2.42. The van der Waals surface area contributed by atoms with Crippen LogP contribution in [0.5, 0.6) is 0 Å². The number of nitrogens with zero attached hydrogens (tertiary/aromatic N) is 4. The fourth-order valence-electron chi connectivity index (χ4n) is 2.12. The van der Waals surface area contributed by atoms with Crippen molar-refractivity contribution in [2.24, 2.45) is 10.4 Å². The molecule has 144 valence electrons. The molecular weight excluding hydrogens is 433 g/mol. The van der Waals surface area contributed by atoms with Gasteiger partial charge in [0.25, 0.3) is 0 Å². The molecule has 0 bridgehead atoms. The molecule has 0 unspecified atom stereocenters. The number of rotatable bonds is 9. The van der Waals surface area contributed by atoms with Gasteiger partial charge in [-0.25, -0.2) is 0 Å². The van der Waals surface area contributed by atoms with E-state index < -0.39 is 5.41 Å². The lowest BCUT2D eigenvalue weighted by Gasteiger charge is -2.22. The van der Waals surface area contributed by atoms with Crippen LogP contribution in [0.15, 0.2) is 11.3 Å². The molecule has 0 saturated heterocycles. The van der Waals surface area contributed by atoms with Crippen molar-refractivity contribution in [2.45, 2.75) is 47.6 Å². The second kappa shape index (κ2) is 12.0. The summed E-state index contributed by atoms with van der Waals surface area (Å²) in [6.45, 7) is 13.1. The molecule has 1 amide bonds. The Hall–Kier alpha value is -1.39. The monoisotopic (exact) mass is 465 g/mol. The highest BCUT2D eigenvalue weighted by molar-refractivity contribution is 14.0. The predicted molar refractivity (Wildman–Crippen MR) is 111 cm³/mol. The Morgan fingerprint density at radius 2 is 1.88 bits per heavy atom. The second-order valence-corrected chi connectivity index (χ2v) is 6.16. The summed E-state index contributed by atoms with van der Waals surface area (Å²) >= 11 is 0. The van der Waals surface area contributed by atoms with Crippen molar-refractivity contribution >= 4 is 35.8 Å². The van der Waals surface area contributed by atoms with Gasteiger partial charge in [0.2, 0.25) is 5.91 Å². The first-order valence-corrected chi connectivity index (χ1v) is 8.61. The number of aliphatic imine (C=N–C) groups is 1. The third kappa shape index (κ3) is 8.02. The van der Waals surface area contributed by atoms with Gasteiger partial charge in [0.1, 0.15) is 12.2 Å². The van der Waals surface area contributed by atoms with Crippen molar-refractivity contribution < 1.29 is 4.79 Å². The van der Waals surface area contributed by atoms with E-state index in [-0.39, 0.29) is 29.9 Å². The molecule has 25 heavy (non-hydrogen) atoms. The lowest BCUT2D eigenvalue weighted by molar-refractivity contribution is -0.128. The number of amides is 1. The smallest absolute Gasteiger partial charge is 0.227 e. The van der Waals surface area contributed by atoms with Crippen LogP contribution in [0.3, 0.4) is 0 Å². The molecule has 0 fully saturated rings. The van der Waals surface area contributed by atoms with Crippen LogP contribution in [0.2, 0.25) is 0 Å². The van der Waals surface area contributed by atoms with Crippen LogP contribution >= 0.6 is 24.0 Å². The number of aryl methyl sites for hydroxylation is 1. The van der Waals surface area contributed by atoms with Crippen LogP contribution in [0.4, 0.5) is 0 Å². The van der Waals surface area contributed by atoms with E-state index in [1.165, 1.54) is 0 Å². The minimum atomic E-state index is -0.540. The standard InChI is InChI=1S/C16H31N7O.HI/c1-6-13-22-21-12-23(13)10-9-19-15(18-8-3)20-11-16(4,5)14(24)17-7-2;/h12H,6-11H2,1-5H3,(H,17,24)(H2,18,19,20);1H. The first kappa shape index (κ1) is 23.6. The van der Waals surface area contributed by atoms with Gasteiger partial charge < -0.3 is 20.5 Å². The molecule has 3 N–H and O–H groups in total. The number of hydrogen-bond acceptors (Lipinski definition) is 4. The van der Waals surface area contributed by atoms with Gasteiger partial charge in [0.05, 0.1) is 12.0 Å². The quantitative estimate of drug-likeness (QED) is 0.289. The molecule has 0 spiro atoms. The summed E-state index contributed by atoms with van der Waals surface area (Å²) in [4.78, 5) is 16.6. The molecule has 0 aliphatic heterocycles. The summed E-state index contributed by atoms with van der Waals surface area (Å²) in [5, 5.41) is 17.3. The van der Waals surface area contributed by atoms with Crippen LogP contribution in [0.25, 0.3) is 0 Å². The average molecular weight is 465 g/mol. The summed E-state index contributed by atoms with van der Waals surface area (Å²) in [5.74, 6) is 1.69. The van der Waals surface area contributed by atoms with Crippen LogP contribution in [0, 0.1) is 5.41 Å². The van der Waals surface area contributed by atoms with E-state index in [9.17, 15) is 4.79 Å². The van der Waals surface area contributed by atoms with E-state index in [1.54, 1.807) is 6.33 Å². The number of halogens is 1. The molecule has 1 heterocycles. The van der Waals surface area contributed by atoms with Crippen molar-refractivity contribution in [3.63, 3.8) is 0 Å². The highest BCUT2D eigenvalue weighted by Gasteiger charge is 2.26. The van der Waals surface area contributed by atoms with Crippen molar-refractivity contribution in [3.05, 3.63) is 12.2 Å². The number of carbonyl (C=O) groups excluding carboxylic acids is 1. The third-order valence-electron chi connectivity index (χ3n) is 3.59. The Balaban J connectivity index is 0.00000576. The number of guanidine groups is 1.